The van der Waals surface area contributed by atoms with E-state index in [-0.39, 0.29) is 16.9 Å². The zero-order chi connectivity index (χ0) is 12.0. The second-order valence-corrected chi connectivity index (χ2v) is 4.49. The van der Waals surface area contributed by atoms with Gasteiger partial charge < -0.3 is 11.1 Å². The van der Waals surface area contributed by atoms with Crippen molar-refractivity contribution in [3.05, 3.63) is 23.8 Å². The van der Waals surface area contributed by atoms with Crippen molar-refractivity contribution in [2.75, 3.05) is 11.1 Å². The van der Waals surface area contributed by atoms with Gasteiger partial charge in [-0.3, -0.25) is 0 Å². The monoisotopic (exact) mass is 230 g/mol. The van der Waals surface area contributed by atoms with Crippen molar-refractivity contribution < 1.29 is 13.2 Å². The molecule has 0 aromatic heterocycles. The lowest BCUT2D eigenvalue weighted by Gasteiger charge is -2.19. The van der Waals surface area contributed by atoms with E-state index in [1.165, 1.54) is 12.1 Å². The molecule has 16 heavy (non-hydrogen) atoms. The standard InChI is InChI=1S/C11H13F3N2/c1-10(4-5-10)16-9-3-2-7(15)6-8(9)11(12,13)14/h2-3,6,16H,4-5,15H2,1H3. The van der Waals surface area contributed by atoms with Gasteiger partial charge in [-0.1, -0.05) is 0 Å². The number of halogens is 3. The minimum absolute atomic E-state index is 0.113. The zero-order valence-corrected chi connectivity index (χ0v) is 8.86. The Morgan fingerprint density at radius 2 is 1.94 bits per heavy atom. The first-order valence-corrected chi connectivity index (χ1v) is 5.05. The summed E-state index contributed by atoms with van der Waals surface area (Å²) in [6, 6.07) is 3.83. The van der Waals surface area contributed by atoms with E-state index >= 15 is 0 Å². The minimum atomic E-state index is -4.37. The van der Waals surface area contributed by atoms with Crippen molar-refractivity contribution in [1.82, 2.24) is 0 Å². The Morgan fingerprint density at radius 3 is 2.44 bits per heavy atom. The predicted octanol–water partition coefficient (Wildman–Crippen LogP) is 3.25. The quantitative estimate of drug-likeness (QED) is 0.765. The highest BCUT2D eigenvalue weighted by Crippen LogP contribution is 2.42. The van der Waals surface area contributed by atoms with Crippen LogP contribution in [-0.4, -0.2) is 5.54 Å². The van der Waals surface area contributed by atoms with E-state index in [4.69, 9.17) is 5.73 Å². The predicted molar refractivity (Wildman–Crippen MR) is 57.1 cm³/mol. The molecule has 1 aliphatic rings. The van der Waals surface area contributed by atoms with Crippen molar-refractivity contribution >= 4 is 11.4 Å². The van der Waals surface area contributed by atoms with Crippen LogP contribution >= 0.6 is 0 Å². The van der Waals surface area contributed by atoms with E-state index in [0.29, 0.717) is 0 Å². The molecule has 5 heteroatoms. The second-order valence-electron chi connectivity index (χ2n) is 4.49. The maximum absolute atomic E-state index is 12.7. The molecule has 0 radical (unpaired) electrons. The highest BCUT2D eigenvalue weighted by atomic mass is 19.4. The number of alkyl halides is 3. The Labute approximate surface area is 91.6 Å². The smallest absolute Gasteiger partial charge is 0.399 e. The fourth-order valence-corrected chi connectivity index (χ4v) is 1.54. The number of benzene rings is 1. The van der Waals surface area contributed by atoms with Gasteiger partial charge in [0.05, 0.1) is 5.56 Å². The lowest BCUT2D eigenvalue weighted by atomic mass is 10.1. The van der Waals surface area contributed by atoms with Crippen LogP contribution in [0.1, 0.15) is 25.3 Å². The number of anilines is 2. The summed E-state index contributed by atoms with van der Waals surface area (Å²) in [7, 11) is 0. The van der Waals surface area contributed by atoms with Crippen LogP contribution in [0.2, 0.25) is 0 Å². The Balaban J connectivity index is 2.36. The fraction of sp³-hybridized carbons (Fsp3) is 0.455. The molecular weight excluding hydrogens is 217 g/mol. The molecule has 88 valence electrons. The van der Waals surface area contributed by atoms with Crippen LogP contribution in [0.25, 0.3) is 0 Å². The SMILES string of the molecule is CC1(Nc2ccc(N)cc2C(F)(F)F)CC1. The Kier molecular flexibility index (Phi) is 2.29. The Hall–Kier alpha value is -1.39. The van der Waals surface area contributed by atoms with Gasteiger partial charge in [0, 0.05) is 16.9 Å². The number of hydrogen-bond donors (Lipinski definition) is 2. The van der Waals surface area contributed by atoms with Crippen LogP contribution in [0, 0.1) is 0 Å². The van der Waals surface area contributed by atoms with Crippen LogP contribution in [-0.2, 0) is 6.18 Å². The Bertz CT molecular complexity index is 408. The second kappa shape index (κ2) is 3.30. The van der Waals surface area contributed by atoms with Gasteiger partial charge in [0.2, 0.25) is 0 Å². The van der Waals surface area contributed by atoms with Crippen LogP contribution in [0.15, 0.2) is 18.2 Å². The molecular formula is C11H13F3N2. The van der Waals surface area contributed by atoms with Crippen molar-refractivity contribution in [2.45, 2.75) is 31.5 Å². The van der Waals surface area contributed by atoms with Gasteiger partial charge in [0.15, 0.2) is 0 Å². The molecule has 1 aliphatic carbocycles. The van der Waals surface area contributed by atoms with Crippen LogP contribution < -0.4 is 11.1 Å². The van der Waals surface area contributed by atoms with Gasteiger partial charge in [0.1, 0.15) is 0 Å². The molecule has 0 spiro atoms. The molecule has 0 amide bonds. The van der Waals surface area contributed by atoms with E-state index < -0.39 is 11.7 Å². The zero-order valence-electron chi connectivity index (χ0n) is 8.86. The largest absolute Gasteiger partial charge is 0.418 e. The average molecular weight is 230 g/mol. The first-order valence-electron chi connectivity index (χ1n) is 5.05. The highest BCUT2D eigenvalue weighted by Gasteiger charge is 2.40. The summed E-state index contributed by atoms with van der Waals surface area (Å²) in [5, 5.41) is 2.92. The van der Waals surface area contributed by atoms with E-state index in [2.05, 4.69) is 5.32 Å². The first-order chi connectivity index (χ1) is 7.30. The molecule has 0 saturated heterocycles. The first kappa shape index (κ1) is 11.1. The molecule has 1 saturated carbocycles. The summed E-state index contributed by atoms with van der Waals surface area (Å²) in [5.41, 5.74) is 4.73. The van der Waals surface area contributed by atoms with Gasteiger partial charge in [0.25, 0.3) is 0 Å². The third-order valence-corrected chi connectivity index (χ3v) is 2.79. The molecule has 1 aromatic carbocycles. The third-order valence-electron chi connectivity index (χ3n) is 2.79. The summed E-state index contributed by atoms with van der Waals surface area (Å²) in [4.78, 5) is 0. The molecule has 3 N–H and O–H groups in total. The molecule has 0 aliphatic heterocycles. The van der Waals surface area contributed by atoms with Gasteiger partial charge in [-0.05, 0) is 38.0 Å². The summed E-state index contributed by atoms with van der Waals surface area (Å²) in [6.07, 6.45) is -2.58. The maximum Gasteiger partial charge on any atom is 0.418 e. The van der Waals surface area contributed by atoms with Crippen molar-refractivity contribution in [1.29, 1.82) is 0 Å². The van der Waals surface area contributed by atoms with E-state index in [1.54, 1.807) is 0 Å². The lowest BCUT2D eigenvalue weighted by molar-refractivity contribution is -0.136. The average Bonchev–Trinajstić information content (AvgIpc) is 2.85. The summed E-state index contributed by atoms with van der Waals surface area (Å²) in [5.74, 6) is 0. The normalized spacial score (nSPS) is 18.2. The maximum atomic E-state index is 12.7. The van der Waals surface area contributed by atoms with Crippen LogP contribution in [0.5, 0.6) is 0 Å². The molecule has 0 atom stereocenters. The van der Waals surface area contributed by atoms with Gasteiger partial charge in [-0.15, -0.1) is 0 Å². The number of nitrogen functional groups attached to an aromatic ring is 1. The summed E-state index contributed by atoms with van der Waals surface area (Å²) >= 11 is 0. The molecule has 2 nitrogen and oxygen atoms in total. The molecule has 1 fully saturated rings. The van der Waals surface area contributed by atoms with Crippen molar-refractivity contribution in [3.8, 4) is 0 Å². The number of nitrogens with one attached hydrogen (secondary N) is 1. The van der Waals surface area contributed by atoms with E-state index in [1.807, 2.05) is 6.92 Å². The molecule has 0 bridgehead atoms. The van der Waals surface area contributed by atoms with Gasteiger partial charge in [-0.2, -0.15) is 13.2 Å². The third kappa shape index (κ3) is 2.23. The molecule has 0 heterocycles. The summed E-state index contributed by atoms with van der Waals surface area (Å²) < 4.78 is 38.2. The Morgan fingerprint density at radius 1 is 1.31 bits per heavy atom. The van der Waals surface area contributed by atoms with E-state index in [0.717, 1.165) is 18.9 Å². The highest BCUT2D eigenvalue weighted by molar-refractivity contribution is 5.61. The molecule has 0 unspecified atom stereocenters. The topological polar surface area (TPSA) is 38.0 Å². The molecule has 1 aromatic rings. The van der Waals surface area contributed by atoms with Crippen molar-refractivity contribution in [3.63, 3.8) is 0 Å². The van der Waals surface area contributed by atoms with Crippen LogP contribution in [0.4, 0.5) is 24.5 Å². The lowest BCUT2D eigenvalue weighted by Crippen LogP contribution is -2.19. The number of nitrogens with two attached hydrogens (primary N) is 1. The number of hydrogen-bond acceptors (Lipinski definition) is 2. The fourth-order valence-electron chi connectivity index (χ4n) is 1.54. The number of rotatable bonds is 2. The van der Waals surface area contributed by atoms with E-state index in [9.17, 15) is 13.2 Å². The molecule has 2 rings (SSSR count). The van der Waals surface area contributed by atoms with Crippen molar-refractivity contribution in [2.24, 2.45) is 0 Å². The van der Waals surface area contributed by atoms with Gasteiger partial charge in [-0.25, -0.2) is 0 Å². The van der Waals surface area contributed by atoms with Crippen LogP contribution in [0.3, 0.4) is 0 Å². The minimum Gasteiger partial charge on any atom is -0.399 e. The summed E-state index contributed by atoms with van der Waals surface area (Å²) in [6.45, 7) is 1.91. The van der Waals surface area contributed by atoms with Gasteiger partial charge >= 0.3 is 6.18 Å².